The van der Waals surface area contributed by atoms with Crippen LogP contribution in [-0.4, -0.2) is 11.4 Å². The van der Waals surface area contributed by atoms with Crippen LogP contribution in [0.3, 0.4) is 0 Å². The number of rotatable bonds is 7. The Kier molecular flexibility index (Phi) is 5.92. The number of carbonyl (C=O) groups excluding carboxylic acids is 1. The van der Waals surface area contributed by atoms with E-state index in [1.54, 1.807) is 6.92 Å². The Bertz CT molecular complexity index is 602. The molecule has 0 unspecified atom stereocenters. The van der Waals surface area contributed by atoms with Gasteiger partial charge in [0.15, 0.2) is 5.60 Å². The molecule has 3 nitrogen and oxygen atoms in total. The summed E-state index contributed by atoms with van der Waals surface area (Å²) in [5.41, 5.74) is 0.676. The molecule has 0 atom stereocenters. The van der Waals surface area contributed by atoms with Crippen LogP contribution < -0.4 is 0 Å². The van der Waals surface area contributed by atoms with Gasteiger partial charge in [0.2, 0.25) is 0 Å². The molecule has 2 aromatic rings. The van der Waals surface area contributed by atoms with Crippen molar-refractivity contribution >= 4 is 5.78 Å². The minimum Gasteiger partial charge on any atom is -0.300 e. The molecule has 24 heavy (non-hydrogen) atoms. The highest BCUT2D eigenvalue weighted by atomic mass is 17.2. The molecular weight excluding hydrogens is 300 g/mol. The van der Waals surface area contributed by atoms with E-state index in [-0.39, 0.29) is 5.78 Å². The molecule has 0 aliphatic carbocycles. The molecule has 0 spiro atoms. The lowest BCUT2D eigenvalue weighted by Gasteiger charge is -2.35. The summed E-state index contributed by atoms with van der Waals surface area (Å²) in [6.45, 7) is 7.43. The standard InChI is InChI=1S/C21H26O3/c1-17(22)15-16-21(24-23-20(2,3)4,18-11-7-5-8-12-18)19-13-9-6-10-14-19/h5-14H,15-16H2,1-4H3. The molecule has 0 bridgehead atoms. The van der Waals surface area contributed by atoms with Crippen LogP contribution >= 0.6 is 0 Å². The fraction of sp³-hybridized carbons (Fsp3) is 0.381. The third-order valence-corrected chi connectivity index (χ3v) is 3.74. The zero-order chi connectivity index (χ0) is 17.6. The Morgan fingerprint density at radius 2 is 1.29 bits per heavy atom. The lowest BCUT2D eigenvalue weighted by atomic mass is 9.82. The fourth-order valence-electron chi connectivity index (χ4n) is 2.56. The highest BCUT2D eigenvalue weighted by molar-refractivity contribution is 5.75. The Labute approximate surface area is 144 Å². The van der Waals surface area contributed by atoms with Gasteiger partial charge in [-0.2, -0.15) is 0 Å². The highest BCUT2D eigenvalue weighted by Gasteiger charge is 2.38. The molecule has 2 aromatic carbocycles. The maximum Gasteiger partial charge on any atom is 0.154 e. The molecule has 2 rings (SSSR count). The van der Waals surface area contributed by atoms with E-state index in [2.05, 4.69) is 0 Å². The molecule has 0 fully saturated rings. The number of hydrogen-bond acceptors (Lipinski definition) is 3. The molecule has 0 saturated carbocycles. The summed E-state index contributed by atoms with van der Waals surface area (Å²) >= 11 is 0. The molecule has 0 N–H and O–H groups in total. The zero-order valence-electron chi connectivity index (χ0n) is 14.9. The summed E-state index contributed by atoms with van der Waals surface area (Å²) in [6.07, 6.45) is 0.934. The first-order valence-corrected chi connectivity index (χ1v) is 8.31. The van der Waals surface area contributed by atoms with Gasteiger partial charge in [0, 0.05) is 6.42 Å². The van der Waals surface area contributed by atoms with Gasteiger partial charge in [-0.25, -0.2) is 9.78 Å². The van der Waals surface area contributed by atoms with Crippen molar-refractivity contribution in [3.63, 3.8) is 0 Å². The van der Waals surface area contributed by atoms with E-state index < -0.39 is 11.2 Å². The largest absolute Gasteiger partial charge is 0.300 e. The Balaban J connectivity index is 2.51. The summed E-state index contributed by atoms with van der Waals surface area (Å²) in [5, 5.41) is 0. The van der Waals surface area contributed by atoms with Gasteiger partial charge in [0.05, 0.1) is 5.60 Å². The van der Waals surface area contributed by atoms with Crippen molar-refractivity contribution < 1.29 is 14.6 Å². The number of benzene rings is 2. The molecule has 0 saturated heterocycles. The molecule has 0 heterocycles. The van der Waals surface area contributed by atoms with Gasteiger partial charge < -0.3 is 4.79 Å². The summed E-state index contributed by atoms with van der Waals surface area (Å²) in [7, 11) is 0. The summed E-state index contributed by atoms with van der Waals surface area (Å²) < 4.78 is 0. The second kappa shape index (κ2) is 7.73. The van der Waals surface area contributed by atoms with Crippen LogP contribution in [0.15, 0.2) is 60.7 Å². The number of ketones is 1. The van der Waals surface area contributed by atoms with Crippen LogP contribution in [0, 0.1) is 0 Å². The first-order valence-electron chi connectivity index (χ1n) is 8.31. The average molecular weight is 326 g/mol. The summed E-state index contributed by atoms with van der Waals surface area (Å²) in [6, 6.07) is 19.9. The van der Waals surface area contributed by atoms with Gasteiger partial charge in [0.25, 0.3) is 0 Å². The average Bonchev–Trinajstić information content (AvgIpc) is 2.56. The minimum atomic E-state index is -0.818. The van der Waals surface area contributed by atoms with Crippen molar-refractivity contribution in [1.29, 1.82) is 0 Å². The number of hydrogen-bond donors (Lipinski definition) is 0. The third-order valence-electron chi connectivity index (χ3n) is 3.74. The Morgan fingerprint density at radius 3 is 1.67 bits per heavy atom. The monoisotopic (exact) mass is 326 g/mol. The highest BCUT2D eigenvalue weighted by Crippen LogP contribution is 2.39. The van der Waals surface area contributed by atoms with Crippen LogP contribution in [0.5, 0.6) is 0 Å². The van der Waals surface area contributed by atoms with Crippen molar-refractivity contribution in [2.24, 2.45) is 0 Å². The van der Waals surface area contributed by atoms with E-state index in [9.17, 15) is 4.79 Å². The molecule has 3 heteroatoms. The van der Waals surface area contributed by atoms with Crippen molar-refractivity contribution in [2.75, 3.05) is 0 Å². The first kappa shape index (κ1) is 18.4. The second-order valence-corrected chi connectivity index (χ2v) is 7.04. The van der Waals surface area contributed by atoms with E-state index in [0.717, 1.165) is 11.1 Å². The van der Waals surface area contributed by atoms with Gasteiger partial charge in [-0.1, -0.05) is 60.7 Å². The maximum absolute atomic E-state index is 11.7. The van der Waals surface area contributed by atoms with E-state index in [4.69, 9.17) is 9.78 Å². The van der Waals surface area contributed by atoms with Crippen molar-refractivity contribution in [1.82, 2.24) is 0 Å². The van der Waals surface area contributed by atoms with Crippen LogP contribution in [0.2, 0.25) is 0 Å². The molecule has 0 amide bonds. The third kappa shape index (κ3) is 4.76. The second-order valence-electron chi connectivity index (χ2n) is 7.04. The predicted octanol–water partition coefficient (Wildman–Crippen LogP) is 5.05. The predicted molar refractivity (Wildman–Crippen MR) is 95.5 cm³/mol. The van der Waals surface area contributed by atoms with E-state index in [1.807, 2.05) is 81.4 Å². The molecule has 0 aliphatic rings. The summed E-state index contributed by atoms with van der Waals surface area (Å²) in [5.74, 6) is 0.130. The molecule has 128 valence electrons. The molecule has 0 aliphatic heterocycles. The number of Topliss-reactive ketones (excluding diaryl/α,β-unsaturated/α-hetero) is 1. The normalized spacial score (nSPS) is 12.2. The molecule has 0 radical (unpaired) electrons. The lowest BCUT2D eigenvalue weighted by molar-refractivity contribution is -0.400. The van der Waals surface area contributed by atoms with Crippen LogP contribution in [0.25, 0.3) is 0 Å². The quantitative estimate of drug-likeness (QED) is 0.528. The van der Waals surface area contributed by atoms with Crippen molar-refractivity contribution in [3.05, 3.63) is 71.8 Å². The van der Waals surface area contributed by atoms with Gasteiger partial charge in [0.1, 0.15) is 5.78 Å². The van der Waals surface area contributed by atoms with Crippen molar-refractivity contribution in [3.8, 4) is 0 Å². The van der Waals surface area contributed by atoms with Gasteiger partial charge >= 0.3 is 0 Å². The van der Waals surface area contributed by atoms with E-state index in [1.165, 1.54) is 0 Å². The Hall–Kier alpha value is -1.97. The van der Waals surface area contributed by atoms with E-state index >= 15 is 0 Å². The number of carbonyl (C=O) groups is 1. The lowest BCUT2D eigenvalue weighted by Crippen LogP contribution is -2.35. The zero-order valence-corrected chi connectivity index (χ0v) is 14.9. The van der Waals surface area contributed by atoms with Gasteiger partial charge in [-0.3, -0.25) is 0 Å². The summed E-state index contributed by atoms with van der Waals surface area (Å²) in [4.78, 5) is 23.4. The van der Waals surface area contributed by atoms with Crippen LogP contribution in [-0.2, 0) is 20.2 Å². The Morgan fingerprint density at radius 1 is 0.833 bits per heavy atom. The van der Waals surface area contributed by atoms with Gasteiger partial charge in [-0.15, -0.1) is 0 Å². The smallest absolute Gasteiger partial charge is 0.154 e. The van der Waals surface area contributed by atoms with Crippen molar-refractivity contribution in [2.45, 2.75) is 51.7 Å². The first-order chi connectivity index (χ1) is 11.3. The maximum atomic E-state index is 11.7. The molecule has 0 aromatic heterocycles. The van der Waals surface area contributed by atoms with Gasteiger partial charge in [-0.05, 0) is 45.2 Å². The van der Waals surface area contributed by atoms with E-state index in [0.29, 0.717) is 12.8 Å². The fourth-order valence-corrected chi connectivity index (χ4v) is 2.56. The van der Waals surface area contributed by atoms with Crippen LogP contribution in [0.4, 0.5) is 0 Å². The topological polar surface area (TPSA) is 35.5 Å². The van der Waals surface area contributed by atoms with Crippen LogP contribution in [0.1, 0.15) is 51.7 Å². The minimum absolute atomic E-state index is 0.130. The molecular formula is C21H26O3. The SMILES string of the molecule is CC(=O)CCC(OOC(C)(C)C)(c1ccccc1)c1ccccc1.